The van der Waals surface area contributed by atoms with Gasteiger partial charge >= 0.3 is 11.9 Å². The van der Waals surface area contributed by atoms with Crippen molar-refractivity contribution in [3.8, 4) is 0 Å². The maximum Gasteiger partial charge on any atom is 0.337 e. The van der Waals surface area contributed by atoms with Gasteiger partial charge in [-0.15, -0.1) is 0 Å². The van der Waals surface area contributed by atoms with Crippen molar-refractivity contribution < 1.29 is 19.1 Å². The molecule has 0 spiro atoms. The van der Waals surface area contributed by atoms with Crippen molar-refractivity contribution in [1.29, 1.82) is 0 Å². The minimum atomic E-state index is -0.445. The molecule has 6 nitrogen and oxygen atoms in total. The molecule has 2 rings (SSSR count). The van der Waals surface area contributed by atoms with Crippen LogP contribution in [0.2, 0.25) is 0 Å². The molecule has 24 heavy (non-hydrogen) atoms. The molecule has 0 saturated carbocycles. The zero-order valence-corrected chi connectivity index (χ0v) is 13.4. The second-order valence-corrected chi connectivity index (χ2v) is 5.00. The van der Waals surface area contributed by atoms with Crippen LogP contribution < -0.4 is 11.5 Å². The van der Waals surface area contributed by atoms with E-state index in [9.17, 15) is 9.59 Å². The van der Waals surface area contributed by atoms with Crippen molar-refractivity contribution in [2.45, 2.75) is 0 Å². The van der Waals surface area contributed by atoms with Crippen molar-refractivity contribution >= 4 is 35.5 Å². The van der Waals surface area contributed by atoms with Crippen LogP contribution in [-0.2, 0) is 9.47 Å². The number of hydrogen-bond acceptors (Lipinski definition) is 6. The molecular formula is C18H18N2O4. The van der Waals surface area contributed by atoms with Gasteiger partial charge in [-0.05, 0) is 35.4 Å². The van der Waals surface area contributed by atoms with Gasteiger partial charge in [0.2, 0.25) is 0 Å². The van der Waals surface area contributed by atoms with Gasteiger partial charge in [-0.2, -0.15) is 0 Å². The number of nitrogen functional groups attached to an aromatic ring is 2. The molecule has 0 atom stereocenters. The highest BCUT2D eigenvalue weighted by atomic mass is 16.5. The molecule has 0 aliphatic rings. The summed E-state index contributed by atoms with van der Waals surface area (Å²) in [7, 11) is 2.63. The maximum atomic E-state index is 11.5. The predicted octanol–water partition coefficient (Wildman–Crippen LogP) is 2.59. The second-order valence-electron chi connectivity index (χ2n) is 5.00. The molecule has 0 radical (unpaired) electrons. The fourth-order valence-corrected chi connectivity index (χ4v) is 2.12. The summed E-state index contributed by atoms with van der Waals surface area (Å²) in [5.74, 6) is -0.889. The molecule has 0 unspecified atom stereocenters. The Balaban J connectivity index is 2.25. The Morgan fingerprint density at radius 2 is 1.17 bits per heavy atom. The Bertz CT molecular complexity index is 745. The lowest BCUT2D eigenvalue weighted by molar-refractivity contribution is 0.0592. The zero-order chi connectivity index (χ0) is 17.7. The van der Waals surface area contributed by atoms with E-state index in [-0.39, 0.29) is 0 Å². The SMILES string of the molecule is COC(=O)c1ccc(C=Cc2ccc(C(=O)OC)cc2N)c(N)c1. The molecule has 0 heterocycles. The topological polar surface area (TPSA) is 105 Å². The third-order valence-electron chi connectivity index (χ3n) is 3.46. The second kappa shape index (κ2) is 7.32. The molecule has 0 aromatic heterocycles. The smallest absolute Gasteiger partial charge is 0.337 e. The van der Waals surface area contributed by atoms with Gasteiger partial charge in [-0.1, -0.05) is 24.3 Å². The highest BCUT2D eigenvalue weighted by Crippen LogP contribution is 2.21. The van der Waals surface area contributed by atoms with Gasteiger partial charge in [0.25, 0.3) is 0 Å². The normalized spacial score (nSPS) is 10.6. The Kier molecular flexibility index (Phi) is 5.21. The zero-order valence-electron chi connectivity index (χ0n) is 13.4. The summed E-state index contributed by atoms with van der Waals surface area (Å²) >= 11 is 0. The van der Waals surface area contributed by atoms with Gasteiger partial charge < -0.3 is 20.9 Å². The number of hydrogen-bond donors (Lipinski definition) is 2. The first-order chi connectivity index (χ1) is 11.5. The van der Waals surface area contributed by atoms with Gasteiger partial charge in [0.1, 0.15) is 0 Å². The summed E-state index contributed by atoms with van der Waals surface area (Å²) in [6, 6.07) is 9.80. The number of benzene rings is 2. The van der Waals surface area contributed by atoms with Crippen LogP contribution in [0.5, 0.6) is 0 Å². The summed E-state index contributed by atoms with van der Waals surface area (Å²) in [6.45, 7) is 0. The highest BCUT2D eigenvalue weighted by Gasteiger charge is 2.08. The molecule has 0 saturated heterocycles. The van der Waals surface area contributed by atoms with E-state index in [1.807, 2.05) is 0 Å². The van der Waals surface area contributed by atoms with Crippen molar-refractivity contribution in [2.75, 3.05) is 25.7 Å². The number of carbonyl (C=O) groups is 2. The van der Waals surface area contributed by atoms with Crippen LogP contribution in [0.1, 0.15) is 31.8 Å². The lowest BCUT2D eigenvalue weighted by atomic mass is 10.1. The lowest BCUT2D eigenvalue weighted by Crippen LogP contribution is -2.03. The van der Waals surface area contributed by atoms with Crippen molar-refractivity contribution in [2.24, 2.45) is 0 Å². The fourth-order valence-electron chi connectivity index (χ4n) is 2.12. The minimum absolute atomic E-state index is 0.383. The molecule has 124 valence electrons. The van der Waals surface area contributed by atoms with Crippen LogP contribution in [0.3, 0.4) is 0 Å². The van der Waals surface area contributed by atoms with E-state index in [1.54, 1.807) is 48.6 Å². The van der Waals surface area contributed by atoms with Crippen LogP contribution in [0.25, 0.3) is 12.2 Å². The molecule has 0 aliphatic carbocycles. The van der Waals surface area contributed by atoms with Crippen LogP contribution in [0.4, 0.5) is 11.4 Å². The first-order valence-electron chi connectivity index (χ1n) is 7.10. The highest BCUT2D eigenvalue weighted by molar-refractivity contribution is 5.93. The van der Waals surface area contributed by atoms with E-state index >= 15 is 0 Å². The van der Waals surface area contributed by atoms with Crippen LogP contribution in [-0.4, -0.2) is 26.2 Å². The molecule has 0 bridgehead atoms. The van der Waals surface area contributed by atoms with E-state index in [0.29, 0.717) is 22.5 Å². The summed E-state index contributed by atoms with van der Waals surface area (Å²) < 4.78 is 9.30. The summed E-state index contributed by atoms with van der Waals surface area (Å²) in [5, 5.41) is 0. The van der Waals surface area contributed by atoms with Crippen LogP contribution in [0, 0.1) is 0 Å². The Hall–Kier alpha value is -3.28. The van der Waals surface area contributed by atoms with E-state index in [2.05, 4.69) is 9.47 Å². The number of rotatable bonds is 4. The quantitative estimate of drug-likeness (QED) is 0.508. The number of anilines is 2. The van der Waals surface area contributed by atoms with Crippen molar-refractivity contribution in [3.63, 3.8) is 0 Å². The van der Waals surface area contributed by atoms with E-state index in [0.717, 1.165) is 11.1 Å². The summed E-state index contributed by atoms with van der Waals surface area (Å²) in [4.78, 5) is 22.9. The molecule has 4 N–H and O–H groups in total. The Morgan fingerprint density at radius 3 is 1.46 bits per heavy atom. The molecule has 0 amide bonds. The Morgan fingerprint density at radius 1 is 0.792 bits per heavy atom. The van der Waals surface area contributed by atoms with Gasteiger partial charge in [0.15, 0.2) is 0 Å². The van der Waals surface area contributed by atoms with Crippen molar-refractivity contribution in [3.05, 3.63) is 58.7 Å². The first kappa shape index (κ1) is 17.1. The number of esters is 2. The third-order valence-corrected chi connectivity index (χ3v) is 3.46. The average Bonchev–Trinajstić information content (AvgIpc) is 2.60. The number of carbonyl (C=O) groups excluding carboxylic acids is 2. The van der Waals surface area contributed by atoms with E-state index in [4.69, 9.17) is 11.5 Å². The first-order valence-corrected chi connectivity index (χ1v) is 7.10. The molecule has 2 aromatic rings. The summed E-state index contributed by atoms with van der Waals surface area (Å²) in [6.07, 6.45) is 3.56. The molecule has 0 fully saturated rings. The predicted molar refractivity (Wildman–Crippen MR) is 93.3 cm³/mol. The minimum Gasteiger partial charge on any atom is -0.465 e. The standard InChI is InChI=1S/C18H18N2O4/c1-23-17(21)13-7-5-11(15(19)9-13)3-4-12-6-8-14(10-16(12)20)18(22)24-2/h3-10H,19-20H2,1-2H3. The van der Waals surface area contributed by atoms with E-state index < -0.39 is 11.9 Å². The Labute approximate surface area is 139 Å². The molecule has 0 aliphatic heterocycles. The molecular weight excluding hydrogens is 308 g/mol. The van der Waals surface area contributed by atoms with Gasteiger partial charge in [-0.3, -0.25) is 0 Å². The average molecular weight is 326 g/mol. The third kappa shape index (κ3) is 3.73. The number of methoxy groups -OCH3 is 2. The lowest BCUT2D eigenvalue weighted by Gasteiger charge is -2.06. The van der Waals surface area contributed by atoms with E-state index in [1.165, 1.54) is 14.2 Å². The molecule has 2 aromatic carbocycles. The number of nitrogens with two attached hydrogens (primary N) is 2. The molecule has 6 heteroatoms. The van der Waals surface area contributed by atoms with Gasteiger partial charge in [0, 0.05) is 11.4 Å². The van der Waals surface area contributed by atoms with Gasteiger partial charge in [-0.25, -0.2) is 9.59 Å². The number of ether oxygens (including phenoxy) is 2. The van der Waals surface area contributed by atoms with Gasteiger partial charge in [0.05, 0.1) is 25.3 Å². The summed E-state index contributed by atoms with van der Waals surface area (Å²) in [5.41, 5.74) is 15.0. The largest absolute Gasteiger partial charge is 0.465 e. The monoisotopic (exact) mass is 326 g/mol. The maximum absolute atomic E-state index is 11.5. The van der Waals surface area contributed by atoms with Crippen molar-refractivity contribution in [1.82, 2.24) is 0 Å². The fraction of sp³-hybridized carbons (Fsp3) is 0.111. The van der Waals surface area contributed by atoms with Crippen LogP contribution >= 0.6 is 0 Å². The van der Waals surface area contributed by atoms with Crippen LogP contribution in [0.15, 0.2) is 36.4 Å².